The number of phosphoric ester groups is 2. The Kier molecular flexibility index (Phi) is 87.7. The molecule has 0 aliphatic carbocycles. The molecule has 0 aromatic heterocycles. The fourth-order valence-electron chi connectivity index (χ4n) is 12.5. The van der Waals surface area contributed by atoms with E-state index in [2.05, 4.69) is 203 Å². The number of carbonyl (C=O) groups is 3. The maximum Gasteiger partial charge on any atom is 0.472 e. The molecule has 0 aromatic rings. The summed E-state index contributed by atoms with van der Waals surface area (Å²) in [6.45, 7) is 2.45. The Morgan fingerprint density at radius 2 is 0.445 bits per heavy atom. The van der Waals surface area contributed by atoms with E-state index in [-0.39, 0.29) is 19.3 Å². The summed E-state index contributed by atoms with van der Waals surface area (Å²) < 4.78 is 61.5. The van der Waals surface area contributed by atoms with Gasteiger partial charge in [-0.15, -0.1) is 0 Å². The van der Waals surface area contributed by atoms with Crippen LogP contribution in [0, 0.1) is 0 Å². The fraction of sp³-hybridized carbons (Fsp3) is 0.673. The first-order valence-electron chi connectivity index (χ1n) is 47.1. The molecule has 680 valence electrons. The Bertz CT molecular complexity index is 2890. The zero-order valence-corrected chi connectivity index (χ0v) is 76.8. The van der Waals surface area contributed by atoms with Gasteiger partial charge in [0.05, 0.1) is 26.4 Å². The van der Waals surface area contributed by atoms with Gasteiger partial charge in [0.2, 0.25) is 0 Å². The van der Waals surface area contributed by atoms with Crippen molar-refractivity contribution in [3.05, 3.63) is 182 Å². The van der Waals surface area contributed by atoms with E-state index in [1.54, 1.807) is 0 Å². The van der Waals surface area contributed by atoms with Crippen LogP contribution in [0.2, 0.25) is 0 Å². The predicted molar refractivity (Wildman–Crippen MR) is 500 cm³/mol. The van der Waals surface area contributed by atoms with Gasteiger partial charge in [0.1, 0.15) is 25.4 Å². The van der Waals surface area contributed by atoms with Gasteiger partial charge >= 0.3 is 33.6 Å². The topological polar surface area (TPSA) is 231 Å². The molecule has 0 amide bonds. The van der Waals surface area contributed by atoms with Crippen molar-refractivity contribution in [2.24, 2.45) is 0 Å². The lowest BCUT2D eigenvalue weighted by atomic mass is 10.0. The van der Waals surface area contributed by atoms with Crippen molar-refractivity contribution in [3.63, 3.8) is 0 Å². The summed E-state index contributed by atoms with van der Waals surface area (Å²) in [5, 5.41) is 20.8. The molecule has 0 heterocycles. The molecule has 18 heteroatoms. The van der Waals surface area contributed by atoms with E-state index in [4.69, 9.17) is 32.3 Å². The molecular formula is C101H170O16P2. The zero-order chi connectivity index (χ0) is 86.5. The van der Waals surface area contributed by atoms with Crippen LogP contribution in [0.25, 0.3) is 0 Å². The highest BCUT2D eigenvalue weighted by atomic mass is 31.2. The van der Waals surface area contributed by atoms with Gasteiger partial charge < -0.3 is 34.2 Å². The van der Waals surface area contributed by atoms with Crippen molar-refractivity contribution in [2.45, 2.75) is 399 Å². The van der Waals surface area contributed by atoms with Gasteiger partial charge in [-0.25, -0.2) is 9.13 Å². The summed E-state index contributed by atoms with van der Waals surface area (Å²) in [5.41, 5.74) is 0. The van der Waals surface area contributed by atoms with E-state index in [1.807, 2.05) is 0 Å². The largest absolute Gasteiger partial charge is 0.472 e. The van der Waals surface area contributed by atoms with E-state index < -0.39 is 91.5 Å². The van der Waals surface area contributed by atoms with Crippen LogP contribution in [0.1, 0.15) is 380 Å². The zero-order valence-electron chi connectivity index (χ0n) is 75.0. The van der Waals surface area contributed by atoms with Gasteiger partial charge in [0.15, 0.2) is 6.10 Å². The molecule has 0 saturated heterocycles. The van der Waals surface area contributed by atoms with Crippen molar-refractivity contribution in [1.82, 2.24) is 0 Å². The van der Waals surface area contributed by atoms with Crippen molar-refractivity contribution in [2.75, 3.05) is 39.6 Å². The Morgan fingerprint density at radius 3 is 0.706 bits per heavy atom. The second-order valence-electron chi connectivity index (χ2n) is 31.0. The van der Waals surface area contributed by atoms with E-state index >= 15 is 0 Å². The number of hydrogen-bond acceptors (Lipinski definition) is 14. The first kappa shape index (κ1) is 114. The maximum absolute atomic E-state index is 13.1. The molecular weight excluding hydrogens is 1530 g/mol. The van der Waals surface area contributed by atoms with E-state index in [0.717, 1.165) is 180 Å². The summed E-state index contributed by atoms with van der Waals surface area (Å²) in [6, 6.07) is 0. The molecule has 5 atom stereocenters. The third kappa shape index (κ3) is 93.2. The second kappa shape index (κ2) is 91.8. The Balaban J connectivity index is 4.61. The molecule has 0 aliphatic heterocycles. The van der Waals surface area contributed by atoms with E-state index in [0.29, 0.717) is 19.3 Å². The van der Waals surface area contributed by atoms with E-state index in [1.165, 1.54) is 141 Å². The fourth-order valence-corrected chi connectivity index (χ4v) is 14.1. The lowest BCUT2D eigenvalue weighted by Gasteiger charge is -2.21. The quantitative estimate of drug-likeness (QED) is 0.0146. The molecule has 0 aromatic carbocycles. The molecule has 0 saturated carbocycles. The second-order valence-corrected chi connectivity index (χ2v) is 34.0. The average Bonchev–Trinajstić information content (AvgIpc) is 0.902. The van der Waals surface area contributed by atoms with Crippen LogP contribution in [0.4, 0.5) is 0 Å². The maximum atomic E-state index is 13.1. The minimum absolute atomic E-state index is 0.0912. The number of allylic oxidation sites excluding steroid dienone is 30. The normalized spacial score (nSPS) is 14.6. The van der Waals surface area contributed by atoms with Crippen molar-refractivity contribution >= 4 is 33.6 Å². The lowest BCUT2D eigenvalue weighted by molar-refractivity contribution is -0.161. The van der Waals surface area contributed by atoms with Gasteiger partial charge in [-0.2, -0.15) is 0 Å². The standard InChI is InChI=1S/C101H170O16P2/c1-4-7-10-13-16-19-22-25-28-31-34-37-40-43-44-45-46-47-48-49-50-53-55-57-60-63-66-69-72-75-78-81-84-87-99(104)111-90-96(102)91-113-118(107,108)114-92-97(103)93-115-119(109,110)116-95-98(117-101(106)89-86-83-80-77-74-71-68-65-62-59-56-52-42-39-36-33-30-27-24-21-18-15-12-9-6-3)94-112-100(105)88-85-82-79-76-73-70-67-64-61-58-54-51-41-38-35-32-29-26-23-20-17-14-11-8-5-2/h7-8,10-11,16-21,25-30,34-39,43-44,46-47,51-52,54,56,96-98,102-103H,4-6,9,12-15,22-24,31-33,40-42,45,48-50,53,55,57-95H2,1-3H3,(H,107,108)(H,109,110)/b10-7-,11-8-,19-16-,20-17-,21-18-,28-25-,29-26-,30-27-,37-34-,38-35-,39-36-,44-43-,47-46-,54-51-,56-52-. The van der Waals surface area contributed by atoms with Crippen LogP contribution in [0.15, 0.2) is 182 Å². The van der Waals surface area contributed by atoms with Gasteiger partial charge in [0.25, 0.3) is 0 Å². The number of phosphoric acid groups is 2. The van der Waals surface area contributed by atoms with Crippen LogP contribution in [0.3, 0.4) is 0 Å². The molecule has 0 radical (unpaired) electrons. The van der Waals surface area contributed by atoms with Crippen LogP contribution in [-0.2, 0) is 55.8 Å². The van der Waals surface area contributed by atoms with Gasteiger partial charge in [-0.1, -0.05) is 383 Å². The molecule has 0 aliphatic rings. The minimum Gasteiger partial charge on any atom is -0.463 e. The molecule has 0 spiro atoms. The van der Waals surface area contributed by atoms with Gasteiger partial charge in [-0.05, 0) is 161 Å². The molecule has 0 bridgehead atoms. The predicted octanol–water partition coefficient (Wildman–Crippen LogP) is 29.2. The Hall–Kier alpha value is -5.35. The molecule has 0 fully saturated rings. The third-order valence-electron chi connectivity index (χ3n) is 19.6. The number of aliphatic hydroxyl groups excluding tert-OH is 2. The summed E-state index contributed by atoms with van der Waals surface area (Å²) in [5.74, 6) is -1.58. The van der Waals surface area contributed by atoms with Crippen LogP contribution in [0.5, 0.6) is 0 Å². The Labute approximate surface area is 725 Å². The molecule has 5 unspecified atom stereocenters. The SMILES string of the molecule is CC/C=C\C/C=C\C/C=C\C/C=C\C/C=C\C/C=C\CCCCCCCCCCCCCCCCC(=O)OCC(O)COP(=O)(O)OCC(O)COP(=O)(O)OCC(COC(=O)CCCCCCCCCCC/C=C\C/C=C\C/C=C\C/C=C\C/C=C\CC)OC(=O)CCCCCCCCCCC/C=C\C/C=C\C/C=C\C/C=C\CCCCC. The number of carbonyl (C=O) groups excluding carboxylic acids is 3. The van der Waals surface area contributed by atoms with Gasteiger partial charge in [0, 0.05) is 19.3 Å². The highest BCUT2D eigenvalue weighted by Crippen LogP contribution is 2.45. The number of rotatable bonds is 88. The number of hydrogen-bond donors (Lipinski definition) is 4. The first-order valence-corrected chi connectivity index (χ1v) is 50.1. The van der Waals surface area contributed by atoms with Crippen LogP contribution < -0.4 is 0 Å². The molecule has 0 rings (SSSR count). The number of aliphatic hydroxyl groups is 2. The average molecular weight is 1700 g/mol. The minimum atomic E-state index is -4.95. The van der Waals surface area contributed by atoms with E-state index in [9.17, 15) is 43.5 Å². The molecule has 119 heavy (non-hydrogen) atoms. The number of unbranched alkanes of at least 4 members (excludes halogenated alkanes) is 35. The summed E-state index contributed by atoms with van der Waals surface area (Å²) in [7, 11) is -9.82. The monoisotopic (exact) mass is 1700 g/mol. The molecule has 16 nitrogen and oxygen atoms in total. The summed E-state index contributed by atoms with van der Waals surface area (Å²) in [6.07, 6.45) is 121. The van der Waals surface area contributed by atoms with Crippen LogP contribution >= 0.6 is 15.6 Å². The lowest BCUT2D eigenvalue weighted by Crippen LogP contribution is -2.30. The van der Waals surface area contributed by atoms with Crippen molar-refractivity contribution < 1.29 is 75.8 Å². The Morgan fingerprint density at radius 1 is 0.244 bits per heavy atom. The number of esters is 3. The summed E-state index contributed by atoms with van der Waals surface area (Å²) >= 11 is 0. The van der Waals surface area contributed by atoms with Gasteiger partial charge in [-0.3, -0.25) is 32.5 Å². The highest BCUT2D eigenvalue weighted by molar-refractivity contribution is 7.47. The first-order chi connectivity index (χ1) is 58.2. The molecule has 4 N–H and O–H groups in total. The smallest absolute Gasteiger partial charge is 0.463 e. The van der Waals surface area contributed by atoms with Crippen LogP contribution in [-0.4, -0.2) is 95.9 Å². The highest BCUT2D eigenvalue weighted by Gasteiger charge is 2.29. The third-order valence-corrected chi connectivity index (χ3v) is 21.5. The van der Waals surface area contributed by atoms with Crippen molar-refractivity contribution in [3.8, 4) is 0 Å². The number of ether oxygens (including phenoxy) is 3. The summed E-state index contributed by atoms with van der Waals surface area (Å²) in [4.78, 5) is 59.1. The van der Waals surface area contributed by atoms with Crippen molar-refractivity contribution in [1.29, 1.82) is 0 Å².